The van der Waals surface area contributed by atoms with E-state index in [1.807, 2.05) is 31.7 Å². The van der Waals surface area contributed by atoms with Crippen LogP contribution in [0.5, 0.6) is 0 Å². The minimum absolute atomic E-state index is 0. The van der Waals surface area contributed by atoms with Gasteiger partial charge in [0.1, 0.15) is 5.60 Å². The van der Waals surface area contributed by atoms with Crippen LogP contribution in [0.15, 0.2) is 0 Å². The molecule has 0 aromatic rings. The molecule has 0 bridgehead atoms. The van der Waals surface area contributed by atoms with Crippen LogP contribution in [0, 0.1) is 17.9 Å². The fraction of sp³-hybridized carbons (Fsp3) is 0.727. The summed E-state index contributed by atoms with van der Waals surface area (Å²) in [6.45, 7) is 9.63. The van der Waals surface area contributed by atoms with E-state index in [-0.39, 0.29) is 27.2 Å². The maximum Gasteiger partial charge on any atom is 0.410 e. The molecule has 0 atom stereocenters. The van der Waals surface area contributed by atoms with Crippen molar-refractivity contribution < 1.29 is 30.6 Å². The zero-order chi connectivity index (χ0) is 12.2. The van der Waals surface area contributed by atoms with Gasteiger partial charge in [-0.2, -0.15) is 0 Å². The molecule has 1 rings (SSSR count). The molecule has 6 heteroatoms. The van der Waals surface area contributed by atoms with Gasteiger partial charge in [0.2, 0.25) is 0 Å². The number of carbonyl (C=O) groups excluding carboxylic acids is 1. The van der Waals surface area contributed by atoms with E-state index in [0.717, 1.165) is 0 Å². The van der Waals surface area contributed by atoms with Gasteiger partial charge in [-0.1, -0.05) is 6.07 Å². The van der Waals surface area contributed by atoms with E-state index < -0.39 is 5.60 Å². The van der Waals surface area contributed by atoms with Crippen LogP contribution in [0.1, 0.15) is 20.8 Å². The van der Waals surface area contributed by atoms with E-state index in [2.05, 4.69) is 0 Å². The van der Waals surface area contributed by atoms with E-state index in [4.69, 9.17) is 10.00 Å². The summed E-state index contributed by atoms with van der Waals surface area (Å²) in [5.74, 6) is 0. The van der Waals surface area contributed by atoms with Crippen molar-refractivity contribution in [3.05, 3.63) is 6.54 Å². The first-order chi connectivity index (χ1) is 7.42. The smallest absolute Gasteiger partial charge is 0.410 e. The molecule has 0 radical (unpaired) electrons. The SMILES string of the molecule is CC(C)(C)OC(=O)N1CCN([CH-]C#N)CC1.[W]. The van der Waals surface area contributed by atoms with Crippen molar-refractivity contribution in [2.75, 3.05) is 26.2 Å². The average molecular weight is 408 g/mol. The fourth-order valence-corrected chi connectivity index (χ4v) is 1.44. The number of amides is 1. The summed E-state index contributed by atoms with van der Waals surface area (Å²) in [5.41, 5.74) is -0.451. The molecule has 5 nitrogen and oxygen atoms in total. The van der Waals surface area contributed by atoms with E-state index in [1.54, 1.807) is 4.90 Å². The summed E-state index contributed by atoms with van der Waals surface area (Å²) in [4.78, 5) is 15.3. The molecule has 0 spiro atoms. The van der Waals surface area contributed by atoms with Crippen molar-refractivity contribution in [2.24, 2.45) is 0 Å². The summed E-state index contributed by atoms with van der Waals surface area (Å²) >= 11 is 0. The molecule has 0 N–H and O–H groups in total. The normalized spacial score (nSPS) is 16.7. The summed E-state index contributed by atoms with van der Waals surface area (Å²) in [6.07, 6.45) is -0.274. The molecule has 1 fully saturated rings. The summed E-state index contributed by atoms with van der Waals surface area (Å²) in [5, 5.41) is 8.49. The quantitative estimate of drug-likeness (QED) is 0.613. The maximum atomic E-state index is 11.7. The molecule has 0 aromatic heterocycles. The first-order valence-corrected chi connectivity index (χ1v) is 5.37. The Hall–Kier alpha value is -0.722. The number of rotatable bonds is 1. The van der Waals surface area contributed by atoms with Gasteiger partial charge < -0.3 is 14.5 Å². The molecule has 96 valence electrons. The summed E-state index contributed by atoms with van der Waals surface area (Å²) in [7, 11) is 0. The number of hydrogen-bond donors (Lipinski definition) is 0. The Morgan fingerprint density at radius 2 is 1.82 bits per heavy atom. The van der Waals surface area contributed by atoms with Gasteiger partial charge in [-0.15, -0.1) is 0 Å². The standard InChI is InChI=1S/C11H18N3O2.W/c1-11(2,3)16-10(15)14-8-6-13(5-4-12)7-9-14;/h5H,6-9H2,1-3H3;/q-1;. The first-order valence-electron chi connectivity index (χ1n) is 5.37. The van der Waals surface area contributed by atoms with Gasteiger partial charge in [-0.3, -0.25) is 0 Å². The zero-order valence-corrected chi connectivity index (χ0v) is 13.4. The Balaban J connectivity index is 0.00000256. The molecule has 1 heterocycles. The van der Waals surface area contributed by atoms with E-state index in [9.17, 15) is 4.79 Å². The van der Waals surface area contributed by atoms with Gasteiger partial charge in [-0.05, 0) is 33.9 Å². The number of nitrogens with zero attached hydrogens (tertiary/aromatic N) is 3. The number of carbonyl (C=O) groups is 1. The third kappa shape index (κ3) is 5.95. The Morgan fingerprint density at radius 1 is 1.29 bits per heavy atom. The van der Waals surface area contributed by atoms with Crippen LogP contribution in [0.2, 0.25) is 0 Å². The average Bonchev–Trinajstić information content (AvgIpc) is 2.16. The van der Waals surface area contributed by atoms with E-state index in [0.29, 0.717) is 26.2 Å². The van der Waals surface area contributed by atoms with Crippen molar-refractivity contribution >= 4 is 6.09 Å². The van der Waals surface area contributed by atoms with Gasteiger partial charge in [0.05, 0.1) is 0 Å². The molecule has 0 aliphatic carbocycles. The predicted octanol–water partition coefficient (Wildman–Crippen LogP) is 1.22. The topological polar surface area (TPSA) is 56.6 Å². The van der Waals surface area contributed by atoms with Crippen LogP contribution >= 0.6 is 0 Å². The van der Waals surface area contributed by atoms with Crippen LogP contribution < -0.4 is 0 Å². The molecule has 1 saturated heterocycles. The molecule has 1 aliphatic heterocycles. The third-order valence-electron chi connectivity index (χ3n) is 2.21. The van der Waals surface area contributed by atoms with Crippen LogP contribution in [0.25, 0.3) is 0 Å². The zero-order valence-electron chi connectivity index (χ0n) is 10.5. The van der Waals surface area contributed by atoms with Crippen LogP contribution in [-0.2, 0) is 25.8 Å². The number of hydrogen-bond acceptors (Lipinski definition) is 4. The van der Waals surface area contributed by atoms with Crippen LogP contribution in [0.4, 0.5) is 4.79 Å². The van der Waals surface area contributed by atoms with Crippen molar-refractivity contribution in [3.63, 3.8) is 0 Å². The summed E-state index contributed by atoms with van der Waals surface area (Å²) in [6, 6.07) is 1.99. The van der Waals surface area contributed by atoms with E-state index >= 15 is 0 Å². The van der Waals surface area contributed by atoms with Gasteiger partial charge in [-0.25, -0.2) is 16.6 Å². The Bertz CT molecular complexity index is 288. The number of ether oxygens (including phenoxy) is 1. The molecule has 1 aliphatic rings. The molecular weight excluding hydrogens is 390 g/mol. The predicted molar refractivity (Wildman–Crippen MR) is 59.3 cm³/mol. The van der Waals surface area contributed by atoms with Crippen molar-refractivity contribution in [2.45, 2.75) is 26.4 Å². The second kappa shape index (κ2) is 6.88. The monoisotopic (exact) mass is 408 g/mol. The van der Waals surface area contributed by atoms with Gasteiger partial charge >= 0.3 is 6.09 Å². The number of piperazine rings is 1. The largest absolute Gasteiger partial charge is 0.444 e. The number of nitriles is 1. The maximum absolute atomic E-state index is 11.7. The minimum Gasteiger partial charge on any atom is -0.444 e. The van der Waals surface area contributed by atoms with E-state index in [1.165, 1.54) is 6.54 Å². The van der Waals surface area contributed by atoms with Crippen molar-refractivity contribution in [1.29, 1.82) is 5.26 Å². The first kappa shape index (κ1) is 16.3. The molecule has 0 unspecified atom stereocenters. The molecule has 0 aromatic carbocycles. The van der Waals surface area contributed by atoms with Gasteiger partial charge in [0, 0.05) is 34.2 Å². The summed E-state index contributed by atoms with van der Waals surface area (Å²) < 4.78 is 5.27. The van der Waals surface area contributed by atoms with Gasteiger partial charge in [0.25, 0.3) is 0 Å². The Kier molecular flexibility index (Phi) is 6.59. The second-order valence-corrected chi connectivity index (χ2v) is 4.76. The van der Waals surface area contributed by atoms with Crippen LogP contribution in [-0.4, -0.2) is 47.7 Å². The van der Waals surface area contributed by atoms with Gasteiger partial charge in [0.15, 0.2) is 0 Å². The fourth-order valence-electron chi connectivity index (χ4n) is 1.44. The Labute approximate surface area is 117 Å². The van der Waals surface area contributed by atoms with Crippen molar-refractivity contribution in [3.8, 4) is 6.07 Å². The van der Waals surface area contributed by atoms with Crippen LogP contribution in [0.3, 0.4) is 0 Å². The molecule has 17 heavy (non-hydrogen) atoms. The second-order valence-electron chi connectivity index (χ2n) is 4.76. The minimum atomic E-state index is -0.451. The molecule has 0 saturated carbocycles. The third-order valence-corrected chi connectivity index (χ3v) is 2.21. The molecular formula is C11H18N3O2W-. The Morgan fingerprint density at radius 3 is 2.24 bits per heavy atom. The molecule has 1 amide bonds. The van der Waals surface area contributed by atoms with Crippen molar-refractivity contribution in [1.82, 2.24) is 9.80 Å².